The number of fused-ring (bicyclic) bond motifs is 1. The van der Waals surface area contributed by atoms with Gasteiger partial charge in [-0.25, -0.2) is 4.39 Å². The minimum Gasteiger partial charge on any atom is -0.545 e. The number of halogens is 1. The van der Waals surface area contributed by atoms with E-state index < -0.39 is 22.8 Å². The summed E-state index contributed by atoms with van der Waals surface area (Å²) < 4.78 is 14.9. The molecule has 2 N–H and O–H groups in total. The second-order valence-electron chi connectivity index (χ2n) is 3.84. The van der Waals surface area contributed by atoms with E-state index in [0.29, 0.717) is 12.1 Å². The number of nitrogen functional groups attached to an aromatic ring is 1. The lowest BCUT2D eigenvalue weighted by atomic mass is 10.1. The fourth-order valence-electron chi connectivity index (χ4n) is 1.83. The van der Waals surface area contributed by atoms with Gasteiger partial charge in [0, 0.05) is 18.1 Å². The predicted octanol–water partition coefficient (Wildman–Crippen LogP) is 0.106. The Morgan fingerprint density at radius 3 is 2.72 bits per heavy atom. The van der Waals surface area contributed by atoms with E-state index in [-0.39, 0.29) is 11.1 Å². The van der Waals surface area contributed by atoms with Gasteiger partial charge in [-0.05, 0) is 19.1 Å². The van der Waals surface area contributed by atoms with Gasteiger partial charge < -0.3 is 20.2 Å². The summed E-state index contributed by atoms with van der Waals surface area (Å²) in [5.41, 5.74) is 4.48. The SMILES string of the molecule is CCn1cc(C(=O)[O-])c(=O)c2cc(F)c(N)cc21. The van der Waals surface area contributed by atoms with Crippen molar-refractivity contribution in [3.8, 4) is 0 Å². The van der Waals surface area contributed by atoms with Crippen LogP contribution in [0.2, 0.25) is 0 Å². The Bertz CT molecular complexity index is 707. The van der Waals surface area contributed by atoms with Gasteiger partial charge in [-0.2, -0.15) is 0 Å². The second-order valence-corrected chi connectivity index (χ2v) is 3.84. The van der Waals surface area contributed by atoms with Crippen molar-refractivity contribution < 1.29 is 14.3 Å². The number of hydrogen-bond acceptors (Lipinski definition) is 4. The molecule has 6 heteroatoms. The minimum atomic E-state index is -1.58. The van der Waals surface area contributed by atoms with Crippen LogP contribution in [0.3, 0.4) is 0 Å². The van der Waals surface area contributed by atoms with Gasteiger partial charge >= 0.3 is 0 Å². The highest BCUT2D eigenvalue weighted by molar-refractivity contribution is 5.92. The lowest BCUT2D eigenvalue weighted by Gasteiger charge is -2.12. The standard InChI is InChI=1S/C12H11FN2O3/c1-2-15-5-7(12(17)18)11(16)6-3-8(13)9(14)4-10(6)15/h3-5H,2,14H2,1H3,(H,17,18)/p-1. The van der Waals surface area contributed by atoms with Crippen LogP contribution in [-0.4, -0.2) is 10.5 Å². The molecular weight excluding hydrogens is 239 g/mol. The number of benzene rings is 1. The highest BCUT2D eigenvalue weighted by atomic mass is 19.1. The molecule has 18 heavy (non-hydrogen) atoms. The summed E-state index contributed by atoms with van der Waals surface area (Å²) >= 11 is 0. The van der Waals surface area contributed by atoms with Gasteiger partial charge in [0.2, 0.25) is 0 Å². The summed E-state index contributed by atoms with van der Waals surface area (Å²) in [6.45, 7) is 2.19. The van der Waals surface area contributed by atoms with Crippen LogP contribution in [0.25, 0.3) is 10.9 Å². The van der Waals surface area contributed by atoms with Crippen molar-refractivity contribution in [1.29, 1.82) is 0 Å². The molecule has 0 radical (unpaired) electrons. The third kappa shape index (κ3) is 1.71. The summed E-state index contributed by atoms with van der Waals surface area (Å²) in [5, 5.41) is 10.8. The number of hydrogen-bond donors (Lipinski definition) is 1. The molecule has 0 amide bonds. The molecule has 0 aliphatic rings. The van der Waals surface area contributed by atoms with Gasteiger partial charge in [0.25, 0.3) is 0 Å². The maximum atomic E-state index is 13.4. The molecular formula is C12H10FN2O3-. The van der Waals surface area contributed by atoms with E-state index in [1.165, 1.54) is 16.8 Å². The molecule has 2 aromatic rings. The fourth-order valence-corrected chi connectivity index (χ4v) is 1.83. The van der Waals surface area contributed by atoms with E-state index in [4.69, 9.17) is 5.73 Å². The number of aromatic carboxylic acids is 1. The summed E-state index contributed by atoms with van der Waals surface area (Å²) in [7, 11) is 0. The number of carboxylic acids is 1. The molecule has 5 nitrogen and oxygen atoms in total. The van der Waals surface area contributed by atoms with Crippen LogP contribution in [0.15, 0.2) is 23.1 Å². The van der Waals surface area contributed by atoms with Crippen LogP contribution in [0.5, 0.6) is 0 Å². The summed E-state index contributed by atoms with van der Waals surface area (Å²) in [6.07, 6.45) is 1.18. The van der Waals surface area contributed by atoms with Gasteiger partial charge in [0.15, 0.2) is 5.43 Å². The monoisotopic (exact) mass is 249 g/mol. The molecule has 94 valence electrons. The van der Waals surface area contributed by atoms with Gasteiger partial charge in [0.05, 0.1) is 22.7 Å². The molecule has 0 aliphatic carbocycles. The van der Waals surface area contributed by atoms with Crippen molar-refractivity contribution in [2.45, 2.75) is 13.5 Å². The zero-order valence-electron chi connectivity index (χ0n) is 9.57. The summed E-state index contributed by atoms with van der Waals surface area (Å²) in [6, 6.07) is 2.26. The lowest BCUT2D eigenvalue weighted by Crippen LogP contribution is -2.30. The van der Waals surface area contributed by atoms with Gasteiger partial charge in [-0.3, -0.25) is 4.79 Å². The smallest absolute Gasteiger partial charge is 0.198 e. The summed E-state index contributed by atoms with van der Waals surface area (Å²) in [4.78, 5) is 22.7. The Balaban J connectivity index is 2.99. The molecule has 0 fully saturated rings. The minimum absolute atomic E-state index is 0.0229. The van der Waals surface area contributed by atoms with Crippen molar-refractivity contribution in [3.63, 3.8) is 0 Å². The Kier molecular flexibility index (Phi) is 2.78. The van der Waals surface area contributed by atoms with Crippen LogP contribution in [-0.2, 0) is 6.54 Å². The molecule has 0 saturated carbocycles. The topological polar surface area (TPSA) is 88.2 Å². The molecule has 2 rings (SSSR count). The highest BCUT2D eigenvalue weighted by Gasteiger charge is 2.11. The molecule has 1 aromatic heterocycles. The number of carbonyl (C=O) groups excluding carboxylic acids is 1. The molecule has 0 bridgehead atoms. The number of carbonyl (C=O) groups is 1. The van der Waals surface area contributed by atoms with Crippen molar-refractivity contribution in [2.75, 3.05) is 5.73 Å². The number of nitrogens with two attached hydrogens (primary N) is 1. The number of pyridine rings is 1. The Morgan fingerprint density at radius 2 is 2.17 bits per heavy atom. The van der Waals surface area contributed by atoms with E-state index in [1.54, 1.807) is 6.92 Å². The zero-order chi connectivity index (χ0) is 13.4. The zero-order valence-corrected chi connectivity index (χ0v) is 9.57. The maximum absolute atomic E-state index is 13.4. The summed E-state index contributed by atoms with van der Waals surface area (Å²) in [5.74, 6) is -2.33. The van der Waals surface area contributed by atoms with Crippen molar-refractivity contribution in [1.82, 2.24) is 4.57 Å². The molecule has 1 aromatic carbocycles. The first kappa shape index (κ1) is 12.1. The van der Waals surface area contributed by atoms with E-state index in [9.17, 15) is 19.1 Å². The van der Waals surface area contributed by atoms with E-state index in [2.05, 4.69) is 0 Å². The van der Waals surface area contributed by atoms with Crippen LogP contribution in [0.1, 0.15) is 17.3 Å². The van der Waals surface area contributed by atoms with E-state index >= 15 is 0 Å². The number of nitrogens with zero attached hydrogens (tertiary/aromatic N) is 1. The van der Waals surface area contributed by atoms with Crippen LogP contribution >= 0.6 is 0 Å². The Hall–Kier alpha value is -2.37. The van der Waals surface area contributed by atoms with Crippen LogP contribution < -0.4 is 16.3 Å². The molecule has 1 heterocycles. The first-order chi connectivity index (χ1) is 8.45. The third-order valence-electron chi connectivity index (χ3n) is 2.76. The highest BCUT2D eigenvalue weighted by Crippen LogP contribution is 2.19. The first-order valence-corrected chi connectivity index (χ1v) is 5.29. The fraction of sp³-hybridized carbons (Fsp3) is 0.167. The molecule has 0 spiro atoms. The van der Waals surface area contributed by atoms with Crippen molar-refractivity contribution in [2.24, 2.45) is 0 Å². The number of anilines is 1. The molecule has 0 saturated heterocycles. The average molecular weight is 249 g/mol. The largest absolute Gasteiger partial charge is 0.545 e. The number of rotatable bonds is 2. The molecule has 0 atom stereocenters. The van der Waals surface area contributed by atoms with Gasteiger partial charge in [-0.1, -0.05) is 0 Å². The van der Waals surface area contributed by atoms with Gasteiger partial charge in [0.1, 0.15) is 5.82 Å². The number of carboxylic acid groups (broad SMARTS) is 1. The molecule has 0 unspecified atom stereocenters. The van der Waals surface area contributed by atoms with Crippen molar-refractivity contribution in [3.05, 3.63) is 39.9 Å². The number of aromatic nitrogens is 1. The third-order valence-corrected chi connectivity index (χ3v) is 2.76. The quantitative estimate of drug-likeness (QED) is 0.765. The number of aryl methyl sites for hydroxylation is 1. The maximum Gasteiger partial charge on any atom is 0.198 e. The van der Waals surface area contributed by atoms with Gasteiger partial charge in [-0.15, -0.1) is 0 Å². The average Bonchev–Trinajstić information content (AvgIpc) is 2.32. The second kappa shape index (κ2) is 4.14. The Labute approximate surface area is 101 Å². The normalized spacial score (nSPS) is 10.8. The first-order valence-electron chi connectivity index (χ1n) is 5.29. The van der Waals surface area contributed by atoms with Crippen LogP contribution in [0.4, 0.5) is 10.1 Å². The predicted molar refractivity (Wildman–Crippen MR) is 62.6 cm³/mol. The Morgan fingerprint density at radius 1 is 1.50 bits per heavy atom. The van der Waals surface area contributed by atoms with Crippen molar-refractivity contribution >= 4 is 22.6 Å². The lowest BCUT2D eigenvalue weighted by molar-refractivity contribution is -0.255. The van der Waals surface area contributed by atoms with Crippen LogP contribution in [0, 0.1) is 5.82 Å². The van der Waals surface area contributed by atoms with E-state index in [1.807, 2.05) is 0 Å². The molecule has 0 aliphatic heterocycles. The van der Waals surface area contributed by atoms with E-state index in [0.717, 1.165) is 6.07 Å².